The standard InChI is InChI=1S/C9H10ClNO3/c1-5(2)14-8-7(10)3-6(4-11-8)9(12)13/h3-5H,1-2H3,(H,12,13)/i3D,4D/hD. The van der Waals surface area contributed by atoms with Gasteiger partial charge in [-0.2, -0.15) is 0 Å². The number of carboxylic acids is 1. The minimum Gasteiger partial charge on any atom is -0.478 e. The summed E-state index contributed by atoms with van der Waals surface area (Å²) in [5.74, 6) is -1.23. The summed E-state index contributed by atoms with van der Waals surface area (Å²) >= 11 is 5.79. The van der Waals surface area contributed by atoms with Gasteiger partial charge in [-0.3, -0.25) is 0 Å². The van der Waals surface area contributed by atoms with E-state index < -0.39 is 23.7 Å². The highest BCUT2D eigenvalue weighted by Crippen LogP contribution is 2.23. The molecule has 1 aromatic heterocycles. The fraction of sp³-hybridized carbons (Fsp3) is 0.333. The minimum atomic E-state index is -1.15. The zero-order valence-corrected chi connectivity index (χ0v) is 8.38. The molecule has 0 fully saturated rings. The highest BCUT2D eigenvalue weighted by Gasteiger charge is 2.10. The van der Waals surface area contributed by atoms with E-state index in [0.29, 0.717) is 0 Å². The van der Waals surface area contributed by atoms with Gasteiger partial charge in [-0.1, -0.05) is 11.6 Å². The number of carbonyl (C=O) groups is 1. The van der Waals surface area contributed by atoms with E-state index in [1.807, 2.05) is 0 Å². The number of aromatic nitrogens is 1. The highest BCUT2D eigenvalue weighted by atomic mass is 35.5. The molecule has 1 aromatic rings. The molecule has 5 heteroatoms. The van der Waals surface area contributed by atoms with Gasteiger partial charge in [0, 0.05) is 6.17 Å². The van der Waals surface area contributed by atoms with Crippen LogP contribution in [-0.2, 0) is 0 Å². The van der Waals surface area contributed by atoms with Gasteiger partial charge < -0.3 is 9.85 Å². The number of nitrogens with zero attached hydrogens (tertiary/aromatic N) is 1. The SMILES string of the molecule is [2H]OC(=O)c1c([2H])nc(OC(C)C)c(Cl)c1[2H]. The quantitative estimate of drug-likeness (QED) is 0.845. The molecule has 0 saturated heterocycles. The smallest absolute Gasteiger partial charge is 0.337 e. The van der Waals surface area contributed by atoms with Crippen molar-refractivity contribution >= 4 is 17.6 Å². The van der Waals surface area contributed by atoms with Crippen LogP contribution in [0.3, 0.4) is 0 Å². The fourth-order valence-corrected chi connectivity index (χ4v) is 0.926. The van der Waals surface area contributed by atoms with Crippen molar-refractivity contribution in [2.45, 2.75) is 20.0 Å². The molecule has 0 saturated carbocycles. The molecule has 0 bridgehead atoms. The molecule has 1 N–H and O–H groups in total. The van der Waals surface area contributed by atoms with Gasteiger partial charge in [0.05, 0.1) is 14.4 Å². The van der Waals surface area contributed by atoms with E-state index in [9.17, 15) is 4.79 Å². The second-order valence-electron chi connectivity index (χ2n) is 2.80. The van der Waals surface area contributed by atoms with Crippen LogP contribution in [0.2, 0.25) is 5.02 Å². The molecular formula is C9H10ClNO3. The zero-order valence-electron chi connectivity index (χ0n) is 10.6. The van der Waals surface area contributed by atoms with Crippen LogP contribution in [0.4, 0.5) is 0 Å². The van der Waals surface area contributed by atoms with Crippen LogP contribution in [0.5, 0.6) is 5.88 Å². The van der Waals surface area contributed by atoms with E-state index in [1.54, 1.807) is 13.8 Å². The van der Waals surface area contributed by atoms with Crippen molar-refractivity contribution in [1.29, 1.82) is 1.43 Å². The predicted molar refractivity (Wildman–Crippen MR) is 52.0 cm³/mol. The van der Waals surface area contributed by atoms with Crippen molar-refractivity contribution in [3.63, 3.8) is 0 Å². The van der Waals surface area contributed by atoms with E-state index in [-0.39, 0.29) is 17.0 Å². The third kappa shape index (κ3) is 2.60. The minimum absolute atomic E-state index is 0.0850. The molecule has 14 heavy (non-hydrogen) atoms. The second-order valence-corrected chi connectivity index (χ2v) is 3.17. The summed E-state index contributed by atoms with van der Waals surface area (Å²) in [6.07, 6.45) is -0.736. The van der Waals surface area contributed by atoms with E-state index in [2.05, 4.69) is 10.1 Å². The van der Waals surface area contributed by atoms with Crippen LogP contribution in [0.1, 0.15) is 26.9 Å². The molecule has 1 rings (SSSR count). The lowest BCUT2D eigenvalue weighted by molar-refractivity contribution is 0.0696. The summed E-state index contributed by atoms with van der Waals surface area (Å²) in [4.78, 5) is 14.8. The average molecular weight is 219 g/mol. The lowest BCUT2D eigenvalue weighted by Gasteiger charge is -2.09. The topological polar surface area (TPSA) is 59.4 Å². The second kappa shape index (κ2) is 4.28. The van der Waals surface area contributed by atoms with Crippen LogP contribution < -0.4 is 4.74 Å². The Labute approximate surface area is 90.8 Å². The van der Waals surface area contributed by atoms with Crippen LogP contribution in [0, 0.1) is 0 Å². The Morgan fingerprint density at radius 3 is 3.14 bits per heavy atom. The number of pyridine rings is 1. The number of rotatable bonds is 3. The van der Waals surface area contributed by atoms with Crippen LogP contribution in [0.15, 0.2) is 12.2 Å². The zero-order chi connectivity index (χ0) is 13.2. The lowest BCUT2D eigenvalue weighted by atomic mass is 10.3. The van der Waals surface area contributed by atoms with Crippen LogP contribution >= 0.6 is 11.6 Å². The van der Waals surface area contributed by atoms with Crippen molar-refractivity contribution in [2.75, 3.05) is 0 Å². The van der Waals surface area contributed by atoms with Crippen LogP contribution in [-0.4, -0.2) is 22.2 Å². The van der Waals surface area contributed by atoms with E-state index in [4.69, 9.17) is 20.5 Å². The van der Waals surface area contributed by atoms with Crippen molar-refractivity contribution in [3.05, 3.63) is 22.8 Å². The highest BCUT2D eigenvalue weighted by molar-refractivity contribution is 6.32. The molecule has 0 aliphatic rings. The van der Waals surface area contributed by atoms with E-state index >= 15 is 0 Å². The molecule has 76 valence electrons. The monoisotopic (exact) mass is 218 g/mol. The summed E-state index contributed by atoms with van der Waals surface area (Å²) in [6, 6.07) is -0.431. The maximum absolute atomic E-state index is 11.2. The Hall–Kier alpha value is -1.29. The van der Waals surface area contributed by atoms with Crippen molar-refractivity contribution in [3.8, 4) is 5.88 Å². The Kier molecular flexibility index (Phi) is 2.16. The van der Waals surface area contributed by atoms with Crippen molar-refractivity contribution in [2.24, 2.45) is 0 Å². The number of hydrogen-bond acceptors (Lipinski definition) is 4. The van der Waals surface area contributed by atoms with Gasteiger partial charge >= 0.3 is 5.97 Å². The third-order valence-electron chi connectivity index (χ3n) is 1.24. The first-order valence-electron chi connectivity index (χ1n) is 5.30. The molecule has 4 nitrogen and oxygen atoms in total. The Bertz CT molecular complexity index is 454. The summed E-state index contributed by atoms with van der Waals surface area (Å²) < 4.78 is 26.7. The molecular weight excluding hydrogens is 206 g/mol. The van der Waals surface area contributed by atoms with Crippen molar-refractivity contribution < 1.29 is 17.4 Å². The Morgan fingerprint density at radius 1 is 1.86 bits per heavy atom. The maximum atomic E-state index is 11.2. The van der Waals surface area contributed by atoms with Gasteiger partial charge in [-0.15, -0.1) is 0 Å². The van der Waals surface area contributed by atoms with Gasteiger partial charge in [0.2, 0.25) is 5.88 Å². The summed E-state index contributed by atoms with van der Waals surface area (Å²) in [5.41, 5.74) is -0.457. The summed E-state index contributed by atoms with van der Waals surface area (Å²) in [5, 5.41) is 3.52. The number of halogens is 1. The van der Waals surface area contributed by atoms with Gasteiger partial charge in [0.25, 0.3) is 1.43 Å². The Morgan fingerprint density at radius 2 is 2.57 bits per heavy atom. The molecule has 1 heterocycles. The number of ether oxygens (including phenoxy) is 1. The number of hydrogen-bond donors (Lipinski definition) is 1. The first-order valence-corrected chi connectivity index (χ1v) is 4.27. The predicted octanol–water partition coefficient (Wildman–Crippen LogP) is 2.22. The first-order chi connectivity index (χ1) is 7.88. The molecule has 0 aliphatic carbocycles. The molecule has 0 aromatic carbocycles. The molecule has 0 radical (unpaired) electrons. The van der Waals surface area contributed by atoms with Gasteiger partial charge in [0.1, 0.15) is 5.02 Å². The largest absolute Gasteiger partial charge is 0.478 e. The van der Waals surface area contributed by atoms with E-state index in [0.717, 1.165) is 0 Å². The van der Waals surface area contributed by atoms with E-state index in [1.165, 1.54) is 0 Å². The van der Waals surface area contributed by atoms with Gasteiger partial charge in [0.15, 0.2) is 0 Å². The summed E-state index contributed by atoms with van der Waals surface area (Å²) in [6.45, 7) is 3.47. The molecule has 0 amide bonds. The molecule has 0 atom stereocenters. The average Bonchev–Trinajstić information content (AvgIpc) is 2.24. The maximum Gasteiger partial charge on any atom is 0.337 e. The third-order valence-corrected chi connectivity index (χ3v) is 1.50. The molecule has 0 aliphatic heterocycles. The van der Waals surface area contributed by atoms with Gasteiger partial charge in [-0.05, 0) is 19.9 Å². The van der Waals surface area contributed by atoms with Crippen LogP contribution in [0.25, 0.3) is 1.43 Å². The Balaban J connectivity index is 3.31. The van der Waals surface area contributed by atoms with Gasteiger partial charge in [-0.25, -0.2) is 9.78 Å². The normalized spacial score (nSPS) is 13.0. The fourth-order valence-electron chi connectivity index (χ4n) is 0.745. The van der Waals surface area contributed by atoms with Crippen molar-refractivity contribution in [1.82, 2.24) is 4.98 Å². The molecule has 0 unspecified atom stereocenters. The first kappa shape index (κ1) is 7.06. The lowest BCUT2D eigenvalue weighted by Crippen LogP contribution is -2.08. The number of aromatic carboxylic acids is 1. The molecule has 0 spiro atoms. The summed E-state index contributed by atoms with van der Waals surface area (Å²) in [7, 11) is 0. The number of carboxylic acid groups (broad SMARTS) is 1.